The fraction of sp³-hybridized carbons (Fsp3) is 0.263. The van der Waals surface area contributed by atoms with Gasteiger partial charge in [0.25, 0.3) is 11.6 Å². The summed E-state index contributed by atoms with van der Waals surface area (Å²) in [5.74, 6) is 0.575. The summed E-state index contributed by atoms with van der Waals surface area (Å²) in [5, 5.41) is 16.4. The van der Waals surface area contributed by atoms with Gasteiger partial charge in [0.2, 0.25) is 0 Å². The smallest absolute Gasteiger partial charge is 0.274 e. The lowest BCUT2D eigenvalue weighted by atomic mass is 10.2. The monoisotopic (exact) mass is 387 g/mol. The van der Waals surface area contributed by atoms with E-state index in [-0.39, 0.29) is 10.8 Å². The summed E-state index contributed by atoms with van der Waals surface area (Å²) >= 11 is 5.13. The topological polar surface area (TPSA) is 93.5 Å². The maximum Gasteiger partial charge on any atom is 0.274 e. The van der Waals surface area contributed by atoms with Crippen molar-refractivity contribution in [2.45, 2.75) is 20.8 Å². The predicted octanol–water partition coefficient (Wildman–Crippen LogP) is 4.06. The molecule has 2 aromatic carbocycles. The first kappa shape index (κ1) is 20.3. The number of anilines is 1. The van der Waals surface area contributed by atoms with Crippen LogP contribution in [0.5, 0.6) is 5.75 Å². The van der Waals surface area contributed by atoms with Crippen LogP contribution in [0.25, 0.3) is 0 Å². The molecule has 2 N–H and O–H groups in total. The van der Waals surface area contributed by atoms with Crippen LogP contribution in [0.1, 0.15) is 29.8 Å². The van der Waals surface area contributed by atoms with Crippen LogP contribution in [0, 0.1) is 23.0 Å². The van der Waals surface area contributed by atoms with Gasteiger partial charge >= 0.3 is 0 Å². The first-order valence-corrected chi connectivity index (χ1v) is 8.77. The zero-order valence-electron chi connectivity index (χ0n) is 15.3. The molecule has 2 aromatic rings. The number of benzene rings is 2. The van der Waals surface area contributed by atoms with E-state index in [1.54, 1.807) is 43.3 Å². The molecule has 0 aromatic heterocycles. The molecule has 8 heteroatoms. The summed E-state index contributed by atoms with van der Waals surface area (Å²) in [6.07, 6.45) is 0. The zero-order chi connectivity index (χ0) is 20.0. The van der Waals surface area contributed by atoms with E-state index in [2.05, 4.69) is 10.6 Å². The highest BCUT2D eigenvalue weighted by Crippen LogP contribution is 2.22. The number of hydrogen-bond donors (Lipinski definition) is 2. The van der Waals surface area contributed by atoms with Crippen LogP contribution in [-0.4, -0.2) is 22.5 Å². The van der Waals surface area contributed by atoms with E-state index in [0.29, 0.717) is 35.1 Å². The summed E-state index contributed by atoms with van der Waals surface area (Å²) in [6, 6.07) is 11.4. The molecule has 0 bridgehead atoms. The lowest BCUT2D eigenvalue weighted by Gasteiger charge is -2.12. The van der Waals surface area contributed by atoms with E-state index in [9.17, 15) is 14.9 Å². The number of nitrogens with one attached hydrogen (secondary N) is 2. The maximum atomic E-state index is 12.4. The van der Waals surface area contributed by atoms with Gasteiger partial charge < -0.3 is 10.1 Å². The Balaban J connectivity index is 2.01. The average molecular weight is 387 g/mol. The Labute approximate surface area is 162 Å². The molecule has 1 amide bonds. The van der Waals surface area contributed by atoms with Crippen LogP contribution >= 0.6 is 12.2 Å². The Kier molecular flexibility index (Phi) is 6.84. The second-order valence-electron chi connectivity index (χ2n) is 6.40. The number of rotatable bonds is 6. The van der Waals surface area contributed by atoms with Crippen molar-refractivity contribution in [1.82, 2.24) is 5.32 Å². The summed E-state index contributed by atoms with van der Waals surface area (Å²) in [7, 11) is 0. The number of ether oxygens (including phenoxy) is 1. The van der Waals surface area contributed by atoms with E-state index in [4.69, 9.17) is 17.0 Å². The summed E-state index contributed by atoms with van der Waals surface area (Å²) in [4.78, 5) is 22.9. The van der Waals surface area contributed by atoms with Crippen molar-refractivity contribution >= 4 is 34.6 Å². The van der Waals surface area contributed by atoms with E-state index in [0.717, 1.165) is 0 Å². The molecule has 7 nitrogen and oxygen atoms in total. The average Bonchev–Trinajstić information content (AvgIpc) is 2.61. The van der Waals surface area contributed by atoms with Crippen LogP contribution in [-0.2, 0) is 0 Å². The van der Waals surface area contributed by atoms with E-state index in [1.165, 1.54) is 6.07 Å². The van der Waals surface area contributed by atoms with Gasteiger partial charge in [-0.05, 0) is 49.3 Å². The fourth-order valence-electron chi connectivity index (χ4n) is 2.21. The summed E-state index contributed by atoms with van der Waals surface area (Å²) < 4.78 is 5.61. The van der Waals surface area contributed by atoms with Gasteiger partial charge in [-0.15, -0.1) is 0 Å². The van der Waals surface area contributed by atoms with Gasteiger partial charge in [0.1, 0.15) is 5.75 Å². The SMILES string of the molecule is Cc1ccc(NC(=S)NC(=O)c2cccc(OCC(C)C)c2)cc1[N+](=O)[O-]. The minimum atomic E-state index is -0.467. The molecule has 27 heavy (non-hydrogen) atoms. The second-order valence-corrected chi connectivity index (χ2v) is 6.81. The molecule has 0 atom stereocenters. The normalized spacial score (nSPS) is 10.4. The Morgan fingerprint density at radius 3 is 2.67 bits per heavy atom. The Hall–Kier alpha value is -3.00. The molecule has 0 saturated heterocycles. The molecular weight excluding hydrogens is 366 g/mol. The number of nitrogens with zero attached hydrogens (tertiary/aromatic N) is 1. The van der Waals surface area contributed by atoms with Crippen molar-refractivity contribution in [2.24, 2.45) is 5.92 Å². The van der Waals surface area contributed by atoms with Gasteiger partial charge in [0, 0.05) is 22.9 Å². The van der Waals surface area contributed by atoms with Gasteiger partial charge in [-0.3, -0.25) is 20.2 Å². The van der Waals surface area contributed by atoms with Crippen molar-refractivity contribution in [1.29, 1.82) is 0 Å². The lowest BCUT2D eigenvalue weighted by molar-refractivity contribution is -0.385. The predicted molar refractivity (Wildman–Crippen MR) is 108 cm³/mol. The van der Waals surface area contributed by atoms with Crippen LogP contribution in [0.2, 0.25) is 0 Å². The summed E-state index contributed by atoms with van der Waals surface area (Å²) in [6.45, 7) is 6.28. The lowest BCUT2D eigenvalue weighted by Crippen LogP contribution is -2.34. The van der Waals surface area contributed by atoms with Crippen LogP contribution in [0.3, 0.4) is 0 Å². The summed E-state index contributed by atoms with van der Waals surface area (Å²) in [5.41, 5.74) is 1.34. The fourth-order valence-corrected chi connectivity index (χ4v) is 2.42. The number of carbonyl (C=O) groups is 1. The number of aryl methyl sites for hydroxylation is 1. The van der Waals surface area contributed by atoms with Crippen molar-refractivity contribution in [3.63, 3.8) is 0 Å². The molecular formula is C19H21N3O4S. The molecule has 0 aliphatic heterocycles. The highest BCUT2D eigenvalue weighted by molar-refractivity contribution is 7.80. The molecule has 0 aliphatic rings. The van der Waals surface area contributed by atoms with E-state index in [1.807, 2.05) is 13.8 Å². The molecule has 0 spiro atoms. The van der Waals surface area contributed by atoms with E-state index < -0.39 is 10.8 Å². The van der Waals surface area contributed by atoms with Gasteiger partial charge in [-0.1, -0.05) is 26.0 Å². The molecule has 0 radical (unpaired) electrons. The number of hydrogen-bond acceptors (Lipinski definition) is 5. The third-order valence-corrected chi connectivity index (χ3v) is 3.77. The third-order valence-electron chi connectivity index (χ3n) is 3.57. The van der Waals surface area contributed by atoms with Crippen LogP contribution < -0.4 is 15.4 Å². The van der Waals surface area contributed by atoms with Crippen LogP contribution in [0.15, 0.2) is 42.5 Å². The van der Waals surface area contributed by atoms with Crippen molar-refractivity contribution < 1.29 is 14.5 Å². The first-order chi connectivity index (χ1) is 12.8. The van der Waals surface area contributed by atoms with Crippen molar-refractivity contribution in [3.05, 3.63) is 63.7 Å². The van der Waals surface area contributed by atoms with Gasteiger partial charge in [0.15, 0.2) is 5.11 Å². The minimum absolute atomic E-state index is 0.0240. The molecule has 0 heterocycles. The Morgan fingerprint density at radius 2 is 2.00 bits per heavy atom. The van der Waals surface area contributed by atoms with Gasteiger partial charge in [-0.2, -0.15) is 0 Å². The Bertz CT molecular complexity index is 868. The minimum Gasteiger partial charge on any atom is -0.493 e. The number of nitro benzene ring substituents is 1. The van der Waals surface area contributed by atoms with Crippen LogP contribution in [0.4, 0.5) is 11.4 Å². The molecule has 0 aliphatic carbocycles. The largest absolute Gasteiger partial charge is 0.493 e. The molecule has 142 valence electrons. The highest BCUT2D eigenvalue weighted by Gasteiger charge is 2.13. The third kappa shape index (κ3) is 6.03. The first-order valence-electron chi connectivity index (χ1n) is 8.36. The molecule has 0 fully saturated rings. The number of carbonyl (C=O) groups excluding carboxylic acids is 1. The molecule has 0 saturated carbocycles. The van der Waals surface area contributed by atoms with Crippen molar-refractivity contribution in [3.8, 4) is 5.75 Å². The van der Waals surface area contributed by atoms with Gasteiger partial charge in [-0.25, -0.2) is 0 Å². The Morgan fingerprint density at radius 1 is 1.26 bits per heavy atom. The second kappa shape index (κ2) is 9.09. The van der Waals surface area contributed by atoms with Crippen molar-refractivity contribution in [2.75, 3.05) is 11.9 Å². The zero-order valence-corrected chi connectivity index (χ0v) is 16.1. The van der Waals surface area contributed by atoms with Gasteiger partial charge in [0.05, 0.1) is 11.5 Å². The number of amides is 1. The maximum absolute atomic E-state index is 12.4. The van der Waals surface area contributed by atoms with E-state index >= 15 is 0 Å². The number of nitro groups is 1. The standard InChI is InChI=1S/C19H21N3O4S/c1-12(2)11-26-16-6-4-5-14(9-16)18(23)21-19(27)20-15-8-7-13(3)17(10-15)22(24)25/h4-10,12H,11H2,1-3H3,(H2,20,21,23,27). The molecule has 2 rings (SSSR count). The highest BCUT2D eigenvalue weighted by atomic mass is 32.1. The molecule has 0 unspecified atom stereocenters. The quantitative estimate of drug-likeness (QED) is 0.441. The number of thiocarbonyl (C=S) groups is 1.